The van der Waals surface area contributed by atoms with Gasteiger partial charge in [0.15, 0.2) is 11.5 Å². The maximum Gasteiger partial charge on any atom is 0.161 e. The van der Waals surface area contributed by atoms with Crippen LogP contribution in [-0.2, 0) is 5.41 Å². The van der Waals surface area contributed by atoms with Crippen molar-refractivity contribution in [3.63, 3.8) is 0 Å². The number of benzene rings is 1. The number of piperazine rings is 1. The van der Waals surface area contributed by atoms with Crippen LogP contribution in [0.2, 0.25) is 0 Å². The molecule has 0 radical (unpaired) electrons. The van der Waals surface area contributed by atoms with Crippen molar-refractivity contribution >= 4 is 24.8 Å². The first-order chi connectivity index (χ1) is 11.5. The van der Waals surface area contributed by atoms with Crippen LogP contribution in [0.1, 0.15) is 26.3 Å². The van der Waals surface area contributed by atoms with Gasteiger partial charge in [0, 0.05) is 39.3 Å². The van der Waals surface area contributed by atoms with E-state index in [1.807, 2.05) is 6.07 Å². The Morgan fingerprint density at radius 3 is 2.31 bits per heavy atom. The van der Waals surface area contributed by atoms with Gasteiger partial charge < -0.3 is 14.6 Å². The van der Waals surface area contributed by atoms with E-state index in [0.29, 0.717) is 6.61 Å². The average molecular weight is 407 g/mol. The van der Waals surface area contributed by atoms with Crippen LogP contribution >= 0.6 is 24.8 Å². The quantitative estimate of drug-likeness (QED) is 0.832. The molecule has 7 heteroatoms. The maximum atomic E-state index is 9.02. The molecule has 1 saturated heterocycles. The van der Waals surface area contributed by atoms with Crippen LogP contribution in [-0.4, -0.2) is 73.5 Å². The summed E-state index contributed by atoms with van der Waals surface area (Å²) in [5, 5.41) is 9.02. The summed E-state index contributed by atoms with van der Waals surface area (Å²) in [6, 6.07) is 6.29. The van der Waals surface area contributed by atoms with Crippen molar-refractivity contribution in [2.45, 2.75) is 32.3 Å². The number of hydrogen-bond donors (Lipinski definition) is 1. The summed E-state index contributed by atoms with van der Waals surface area (Å²) < 4.78 is 12.1. The van der Waals surface area contributed by atoms with Gasteiger partial charge in [0.05, 0.1) is 6.61 Å². The van der Waals surface area contributed by atoms with E-state index in [4.69, 9.17) is 14.6 Å². The first kappa shape index (κ1) is 23.3. The third-order valence-electron chi connectivity index (χ3n) is 4.87. The van der Waals surface area contributed by atoms with Crippen LogP contribution in [0.25, 0.3) is 0 Å². The Labute approximate surface area is 169 Å². The smallest absolute Gasteiger partial charge is 0.161 e. The van der Waals surface area contributed by atoms with Crippen molar-refractivity contribution in [2.24, 2.45) is 0 Å². The molecule has 1 aromatic carbocycles. The summed E-state index contributed by atoms with van der Waals surface area (Å²) in [7, 11) is 0. The highest BCUT2D eigenvalue weighted by atomic mass is 35.5. The molecule has 2 aliphatic rings. The molecular formula is C19H32Cl2N2O3. The predicted octanol–water partition coefficient (Wildman–Crippen LogP) is 2.58. The van der Waals surface area contributed by atoms with Crippen LogP contribution in [0.3, 0.4) is 0 Å². The molecule has 0 bridgehead atoms. The minimum absolute atomic E-state index is 0. The third-order valence-corrected chi connectivity index (χ3v) is 4.87. The molecule has 0 saturated carbocycles. The third kappa shape index (κ3) is 5.89. The second-order valence-corrected chi connectivity index (χ2v) is 7.83. The molecule has 1 N–H and O–H groups in total. The van der Waals surface area contributed by atoms with E-state index >= 15 is 0 Å². The van der Waals surface area contributed by atoms with Gasteiger partial charge >= 0.3 is 0 Å². The van der Waals surface area contributed by atoms with Crippen LogP contribution in [0, 0.1) is 0 Å². The van der Waals surface area contributed by atoms with Gasteiger partial charge in [-0.15, -0.1) is 24.8 Å². The first-order valence-electron chi connectivity index (χ1n) is 8.95. The Bertz CT molecular complexity index is 558. The molecule has 1 unspecified atom stereocenters. The highest BCUT2D eigenvalue weighted by molar-refractivity contribution is 5.85. The van der Waals surface area contributed by atoms with Gasteiger partial charge in [-0.3, -0.25) is 9.80 Å². The van der Waals surface area contributed by atoms with E-state index in [9.17, 15) is 0 Å². The zero-order valence-electron chi connectivity index (χ0n) is 15.9. The van der Waals surface area contributed by atoms with Crippen molar-refractivity contribution in [3.8, 4) is 11.5 Å². The van der Waals surface area contributed by atoms with Gasteiger partial charge in [-0.05, 0) is 23.1 Å². The number of fused-ring (bicyclic) bond motifs is 1. The largest absolute Gasteiger partial charge is 0.486 e. The van der Waals surface area contributed by atoms with Gasteiger partial charge in [-0.2, -0.15) is 0 Å². The zero-order chi connectivity index (χ0) is 17.2. The molecule has 150 valence electrons. The van der Waals surface area contributed by atoms with Crippen LogP contribution in [0.4, 0.5) is 0 Å². The van der Waals surface area contributed by atoms with E-state index in [1.54, 1.807) is 0 Å². The Balaban J connectivity index is 0.00000169. The summed E-state index contributed by atoms with van der Waals surface area (Å²) >= 11 is 0. The lowest BCUT2D eigenvalue weighted by molar-refractivity contribution is 0.0376. The van der Waals surface area contributed by atoms with Crippen molar-refractivity contribution in [2.75, 3.05) is 52.5 Å². The number of aliphatic hydroxyl groups is 1. The lowest BCUT2D eigenvalue weighted by atomic mass is 9.87. The summed E-state index contributed by atoms with van der Waals surface area (Å²) in [6.07, 6.45) is 0.0855. The normalized spacial score (nSPS) is 20.8. The van der Waals surface area contributed by atoms with Crippen molar-refractivity contribution in [3.05, 3.63) is 23.8 Å². The summed E-state index contributed by atoms with van der Waals surface area (Å²) in [5.41, 5.74) is 1.38. The second kappa shape index (κ2) is 10.00. The van der Waals surface area contributed by atoms with Gasteiger partial charge in [0.1, 0.15) is 12.7 Å². The number of hydrogen-bond acceptors (Lipinski definition) is 5. The minimum Gasteiger partial charge on any atom is -0.486 e. The fourth-order valence-corrected chi connectivity index (χ4v) is 3.30. The predicted molar refractivity (Wildman–Crippen MR) is 110 cm³/mol. The number of β-amino-alcohol motifs (C(OH)–C–C–N with tert-alkyl or cyclic N) is 1. The van der Waals surface area contributed by atoms with E-state index in [1.165, 1.54) is 5.56 Å². The molecule has 2 heterocycles. The zero-order valence-corrected chi connectivity index (χ0v) is 17.6. The Morgan fingerprint density at radius 1 is 1.04 bits per heavy atom. The molecule has 0 aliphatic carbocycles. The number of aliphatic hydroxyl groups excluding tert-OH is 1. The van der Waals surface area contributed by atoms with Crippen LogP contribution < -0.4 is 9.47 Å². The number of rotatable bonds is 4. The Hall–Kier alpha value is -0.720. The lowest BCUT2D eigenvalue weighted by Gasteiger charge is -2.37. The molecule has 1 aromatic rings. The topological polar surface area (TPSA) is 45.2 Å². The Morgan fingerprint density at radius 2 is 1.69 bits per heavy atom. The molecule has 26 heavy (non-hydrogen) atoms. The lowest BCUT2D eigenvalue weighted by Crippen LogP contribution is -2.51. The van der Waals surface area contributed by atoms with Gasteiger partial charge in [0.25, 0.3) is 0 Å². The van der Waals surface area contributed by atoms with E-state index in [0.717, 1.165) is 50.8 Å². The van der Waals surface area contributed by atoms with Crippen LogP contribution in [0.5, 0.6) is 11.5 Å². The molecule has 2 aliphatic heterocycles. The molecule has 3 rings (SSSR count). The molecular weight excluding hydrogens is 375 g/mol. The van der Waals surface area contributed by atoms with Gasteiger partial charge in [0.2, 0.25) is 0 Å². The molecule has 0 amide bonds. The molecule has 1 fully saturated rings. The summed E-state index contributed by atoms with van der Waals surface area (Å²) in [4.78, 5) is 4.73. The highest BCUT2D eigenvalue weighted by Gasteiger charge is 2.26. The number of nitrogens with zero attached hydrogens (tertiary/aromatic N) is 2. The van der Waals surface area contributed by atoms with Crippen molar-refractivity contribution < 1.29 is 14.6 Å². The standard InChI is InChI=1S/C19H30N2O3.2ClH/c1-19(2,3)15-4-5-17-18(12-15)23-14-16(24-17)13-21-8-6-20(7-9-21)10-11-22;;/h4-5,12,16,22H,6-11,13-14H2,1-3H3;2*1H. The van der Waals surface area contributed by atoms with Crippen molar-refractivity contribution in [1.82, 2.24) is 9.80 Å². The fourth-order valence-electron chi connectivity index (χ4n) is 3.30. The monoisotopic (exact) mass is 406 g/mol. The van der Waals surface area contributed by atoms with E-state index in [2.05, 4.69) is 42.7 Å². The fraction of sp³-hybridized carbons (Fsp3) is 0.684. The summed E-state index contributed by atoms with van der Waals surface area (Å²) in [6.45, 7) is 13.2. The highest BCUT2D eigenvalue weighted by Crippen LogP contribution is 2.36. The number of ether oxygens (including phenoxy) is 2. The van der Waals surface area contributed by atoms with E-state index < -0.39 is 0 Å². The second-order valence-electron chi connectivity index (χ2n) is 7.83. The maximum absolute atomic E-state index is 9.02. The van der Waals surface area contributed by atoms with Gasteiger partial charge in [-0.25, -0.2) is 0 Å². The molecule has 5 nitrogen and oxygen atoms in total. The van der Waals surface area contributed by atoms with Crippen molar-refractivity contribution in [1.29, 1.82) is 0 Å². The average Bonchev–Trinajstić information content (AvgIpc) is 2.55. The SMILES string of the molecule is CC(C)(C)c1ccc2c(c1)OCC(CN1CCN(CCO)CC1)O2.Cl.Cl. The molecule has 0 aromatic heterocycles. The van der Waals surface area contributed by atoms with E-state index in [-0.39, 0.29) is 42.9 Å². The Kier molecular flexibility index (Phi) is 8.97. The molecule has 0 spiro atoms. The number of halogens is 2. The van der Waals surface area contributed by atoms with Gasteiger partial charge in [-0.1, -0.05) is 26.8 Å². The molecule has 1 atom stereocenters. The first-order valence-corrected chi connectivity index (χ1v) is 8.95. The van der Waals surface area contributed by atoms with Crippen LogP contribution in [0.15, 0.2) is 18.2 Å². The minimum atomic E-state index is 0. The summed E-state index contributed by atoms with van der Waals surface area (Å²) in [5.74, 6) is 1.73.